The Labute approximate surface area is 78.4 Å². The molecule has 0 aliphatic heterocycles. The van der Waals surface area contributed by atoms with E-state index in [2.05, 4.69) is 10.5 Å². The van der Waals surface area contributed by atoms with Crippen molar-refractivity contribution in [3.05, 3.63) is 0 Å². The molecule has 0 aliphatic carbocycles. The molecule has 1 unspecified atom stereocenters. The number of halogens is 3. The molecule has 0 rings (SSSR count). The third kappa shape index (κ3) is 4.28. The second-order valence-electron chi connectivity index (χ2n) is 2.55. The van der Waals surface area contributed by atoms with E-state index >= 15 is 0 Å². The summed E-state index contributed by atoms with van der Waals surface area (Å²) in [5.41, 5.74) is 4.86. The highest BCUT2D eigenvalue weighted by Gasteiger charge is 2.42. The molecule has 0 fully saturated rings. The van der Waals surface area contributed by atoms with E-state index in [9.17, 15) is 13.2 Å². The normalized spacial score (nSPS) is 15.6. The van der Waals surface area contributed by atoms with Crippen molar-refractivity contribution in [1.82, 2.24) is 5.32 Å². The van der Waals surface area contributed by atoms with Crippen LogP contribution in [0.3, 0.4) is 0 Å². The Balaban J connectivity index is 4.28. The molecule has 0 bridgehead atoms. The molecule has 8 heteroatoms. The fourth-order valence-corrected chi connectivity index (χ4v) is 0.783. The zero-order valence-corrected chi connectivity index (χ0v) is 7.25. The van der Waals surface area contributed by atoms with Crippen LogP contribution in [0.1, 0.15) is 0 Å². The van der Waals surface area contributed by atoms with Crippen LogP contribution >= 0.6 is 0 Å². The average Bonchev–Trinajstić information content (AvgIpc) is 2.09. The van der Waals surface area contributed by atoms with E-state index in [0.29, 0.717) is 0 Å². The predicted octanol–water partition coefficient (Wildman–Crippen LogP) is -0.507. The van der Waals surface area contributed by atoms with Crippen LogP contribution in [0.15, 0.2) is 5.16 Å². The van der Waals surface area contributed by atoms with Crippen LogP contribution < -0.4 is 11.1 Å². The summed E-state index contributed by atoms with van der Waals surface area (Å²) in [6.45, 7) is -0.786. The molecule has 0 aliphatic rings. The molecule has 0 aromatic carbocycles. The van der Waals surface area contributed by atoms with Crippen molar-refractivity contribution >= 4 is 5.84 Å². The molecule has 0 heterocycles. The Morgan fingerprint density at radius 3 is 2.43 bits per heavy atom. The predicted molar refractivity (Wildman–Crippen MR) is 42.9 cm³/mol. The average molecular weight is 215 g/mol. The second-order valence-corrected chi connectivity index (χ2v) is 2.55. The van der Waals surface area contributed by atoms with Gasteiger partial charge in [0, 0.05) is 13.1 Å². The van der Waals surface area contributed by atoms with Crippen molar-refractivity contribution in [3.8, 4) is 0 Å². The number of nitrogens with one attached hydrogen (secondary N) is 1. The minimum Gasteiger partial charge on any atom is -0.409 e. The van der Waals surface area contributed by atoms with Gasteiger partial charge < -0.3 is 21.4 Å². The molecule has 0 amide bonds. The van der Waals surface area contributed by atoms with E-state index < -0.39 is 24.5 Å². The lowest BCUT2D eigenvalue weighted by Gasteiger charge is -2.18. The van der Waals surface area contributed by atoms with Gasteiger partial charge in [0.1, 0.15) is 5.92 Å². The second kappa shape index (κ2) is 5.66. The number of hydrogen-bond acceptors (Lipinski definition) is 4. The minimum atomic E-state index is -4.57. The first-order valence-electron chi connectivity index (χ1n) is 3.79. The van der Waals surface area contributed by atoms with Crippen LogP contribution in [0.5, 0.6) is 0 Å². The maximum atomic E-state index is 12.2. The monoisotopic (exact) mass is 215 g/mol. The largest absolute Gasteiger partial charge is 0.409 e. The van der Waals surface area contributed by atoms with Gasteiger partial charge in [-0.15, -0.1) is 0 Å². The van der Waals surface area contributed by atoms with Crippen molar-refractivity contribution < 1.29 is 23.5 Å². The maximum absolute atomic E-state index is 12.2. The topological polar surface area (TPSA) is 90.9 Å². The zero-order valence-electron chi connectivity index (χ0n) is 7.25. The lowest BCUT2D eigenvalue weighted by Crippen LogP contribution is -2.43. The number of nitrogens with two attached hydrogens (primary N) is 1. The maximum Gasteiger partial charge on any atom is 0.400 e. The molecular weight excluding hydrogens is 203 g/mol. The molecular formula is C6H12F3N3O2. The summed E-state index contributed by atoms with van der Waals surface area (Å²) in [4.78, 5) is 0. The molecule has 0 spiro atoms. The first-order chi connectivity index (χ1) is 6.43. The SMILES string of the molecule is NC(=NO)C(CNCCO)C(F)(F)F. The smallest absolute Gasteiger partial charge is 0.400 e. The highest BCUT2D eigenvalue weighted by Crippen LogP contribution is 2.25. The van der Waals surface area contributed by atoms with Crippen molar-refractivity contribution in [2.24, 2.45) is 16.8 Å². The number of aliphatic hydroxyl groups excluding tert-OH is 1. The fourth-order valence-electron chi connectivity index (χ4n) is 0.783. The summed E-state index contributed by atoms with van der Waals surface area (Å²) < 4.78 is 36.6. The highest BCUT2D eigenvalue weighted by atomic mass is 19.4. The molecule has 0 radical (unpaired) electrons. The van der Waals surface area contributed by atoms with Gasteiger partial charge in [-0.3, -0.25) is 0 Å². The standard InChI is InChI=1S/C6H12F3N3O2/c7-6(8,9)4(5(10)12-14)3-11-1-2-13/h4,11,13-14H,1-3H2,(H2,10,12). The van der Waals surface area contributed by atoms with Crippen LogP contribution in [-0.4, -0.2) is 42.0 Å². The van der Waals surface area contributed by atoms with Crippen molar-refractivity contribution in [1.29, 1.82) is 0 Å². The van der Waals surface area contributed by atoms with Gasteiger partial charge >= 0.3 is 6.18 Å². The molecule has 0 aromatic heterocycles. The van der Waals surface area contributed by atoms with Crippen LogP contribution in [0.2, 0.25) is 0 Å². The Hall–Kier alpha value is -1.02. The molecule has 0 saturated heterocycles. The van der Waals surface area contributed by atoms with Gasteiger partial charge in [0.05, 0.1) is 6.61 Å². The number of nitrogens with zero attached hydrogens (tertiary/aromatic N) is 1. The van der Waals surface area contributed by atoms with E-state index in [1.165, 1.54) is 0 Å². The van der Waals surface area contributed by atoms with Crippen LogP contribution in [0, 0.1) is 5.92 Å². The third-order valence-corrected chi connectivity index (χ3v) is 1.50. The van der Waals surface area contributed by atoms with E-state index in [0.717, 1.165) is 0 Å². The zero-order chi connectivity index (χ0) is 11.2. The molecule has 0 saturated carbocycles. The van der Waals surface area contributed by atoms with E-state index in [1.807, 2.05) is 0 Å². The third-order valence-electron chi connectivity index (χ3n) is 1.50. The van der Waals surface area contributed by atoms with Gasteiger partial charge in [0.25, 0.3) is 0 Å². The lowest BCUT2D eigenvalue weighted by molar-refractivity contribution is -0.154. The number of aliphatic hydroxyl groups is 1. The number of rotatable bonds is 5. The van der Waals surface area contributed by atoms with Crippen LogP contribution in [0.25, 0.3) is 0 Å². The molecule has 0 aromatic rings. The summed E-state index contributed by atoms with van der Waals surface area (Å²) in [7, 11) is 0. The summed E-state index contributed by atoms with van der Waals surface area (Å²) in [5, 5.41) is 21.1. The van der Waals surface area contributed by atoms with Gasteiger partial charge in [-0.05, 0) is 0 Å². The van der Waals surface area contributed by atoms with Gasteiger partial charge in [-0.25, -0.2) is 0 Å². The summed E-state index contributed by atoms with van der Waals surface area (Å²) in [6.07, 6.45) is -4.57. The summed E-state index contributed by atoms with van der Waals surface area (Å²) in [5.74, 6) is -2.94. The number of oxime groups is 1. The summed E-state index contributed by atoms with van der Waals surface area (Å²) >= 11 is 0. The molecule has 5 N–H and O–H groups in total. The van der Waals surface area contributed by atoms with Gasteiger partial charge in [-0.1, -0.05) is 5.16 Å². The first-order valence-corrected chi connectivity index (χ1v) is 3.79. The molecule has 5 nitrogen and oxygen atoms in total. The summed E-state index contributed by atoms with van der Waals surface area (Å²) in [6, 6.07) is 0. The van der Waals surface area contributed by atoms with E-state index in [-0.39, 0.29) is 13.2 Å². The first kappa shape index (κ1) is 13.0. The fraction of sp³-hybridized carbons (Fsp3) is 0.833. The molecule has 84 valence electrons. The van der Waals surface area contributed by atoms with Crippen molar-refractivity contribution in [3.63, 3.8) is 0 Å². The molecule has 14 heavy (non-hydrogen) atoms. The highest BCUT2D eigenvalue weighted by molar-refractivity contribution is 5.83. The lowest BCUT2D eigenvalue weighted by atomic mass is 10.1. The van der Waals surface area contributed by atoms with E-state index in [1.54, 1.807) is 0 Å². The minimum absolute atomic E-state index is 0.0191. The van der Waals surface area contributed by atoms with Gasteiger partial charge in [-0.2, -0.15) is 13.2 Å². The number of amidine groups is 1. The Morgan fingerprint density at radius 1 is 1.50 bits per heavy atom. The van der Waals surface area contributed by atoms with Crippen LogP contribution in [0.4, 0.5) is 13.2 Å². The van der Waals surface area contributed by atoms with Crippen molar-refractivity contribution in [2.75, 3.05) is 19.7 Å². The van der Waals surface area contributed by atoms with Crippen LogP contribution in [-0.2, 0) is 0 Å². The van der Waals surface area contributed by atoms with Gasteiger partial charge in [0.2, 0.25) is 0 Å². The van der Waals surface area contributed by atoms with E-state index in [4.69, 9.17) is 16.0 Å². The number of hydrogen-bond donors (Lipinski definition) is 4. The van der Waals surface area contributed by atoms with Gasteiger partial charge in [0.15, 0.2) is 5.84 Å². The van der Waals surface area contributed by atoms with Crippen molar-refractivity contribution in [2.45, 2.75) is 6.18 Å². The Bertz CT molecular complexity index is 195. The Kier molecular flexibility index (Phi) is 5.24. The Morgan fingerprint density at radius 2 is 2.07 bits per heavy atom. The number of alkyl halides is 3. The quantitative estimate of drug-likeness (QED) is 0.163. The molecule has 1 atom stereocenters.